The lowest BCUT2D eigenvalue weighted by molar-refractivity contribution is -0.145. The molecular formula is C42H51FN8O3. The van der Waals surface area contributed by atoms with Crippen LogP contribution in [0.1, 0.15) is 84.7 Å². The molecule has 5 aliphatic rings. The van der Waals surface area contributed by atoms with Gasteiger partial charge in [0, 0.05) is 61.8 Å². The van der Waals surface area contributed by atoms with E-state index in [-0.39, 0.29) is 35.5 Å². The van der Waals surface area contributed by atoms with E-state index in [1.807, 2.05) is 15.5 Å². The predicted molar refractivity (Wildman–Crippen MR) is 206 cm³/mol. The molecule has 1 aliphatic carbocycles. The summed E-state index contributed by atoms with van der Waals surface area (Å²) in [5, 5.41) is 3.23. The number of fused-ring (bicyclic) bond motifs is 3. The van der Waals surface area contributed by atoms with E-state index in [0.717, 1.165) is 60.2 Å². The third-order valence-electron chi connectivity index (χ3n) is 13.1. The number of piperidine rings is 1. The highest BCUT2D eigenvalue weighted by atomic mass is 19.1. The van der Waals surface area contributed by atoms with Gasteiger partial charge in [-0.05, 0) is 94.0 Å². The number of anilines is 3. The molecule has 4 fully saturated rings. The molecule has 3 aromatic heterocycles. The number of rotatable bonds is 7. The first kappa shape index (κ1) is 35.3. The average molecular weight is 735 g/mol. The molecule has 9 rings (SSSR count). The van der Waals surface area contributed by atoms with Crippen molar-refractivity contribution in [3.63, 3.8) is 0 Å². The minimum Gasteiger partial charge on any atom is -0.368 e. The molecule has 0 bridgehead atoms. The van der Waals surface area contributed by atoms with Crippen molar-refractivity contribution in [1.29, 1.82) is 0 Å². The summed E-state index contributed by atoms with van der Waals surface area (Å²) >= 11 is 0. The van der Waals surface area contributed by atoms with Gasteiger partial charge in [-0.2, -0.15) is 0 Å². The van der Waals surface area contributed by atoms with Crippen molar-refractivity contribution in [2.75, 3.05) is 43.0 Å². The molecule has 2 atom stereocenters. The number of carbonyl (C=O) groups excluding carboxylic acids is 2. The second kappa shape index (κ2) is 13.1. The molecule has 2 amide bonds. The van der Waals surface area contributed by atoms with Crippen molar-refractivity contribution in [1.82, 2.24) is 29.3 Å². The van der Waals surface area contributed by atoms with Crippen molar-refractivity contribution < 1.29 is 18.7 Å². The first-order chi connectivity index (χ1) is 25.9. The molecule has 4 aliphatic heterocycles. The zero-order chi connectivity index (χ0) is 37.5. The third kappa shape index (κ3) is 5.79. The van der Waals surface area contributed by atoms with Crippen molar-refractivity contribution >= 4 is 40.0 Å². The van der Waals surface area contributed by atoms with Gasteiger partial charge in [-0.25, -0.2) is 14.4 Å². The summed E-state index contributed by atoms with van der Waals surface area (Å²) in [6.45, 7) is 14.8. The Morgan fingerprint density at radius 2 is 1.85 bits per heavy atom. The van der Waals surface area contributed by atoms with Crippen LogP contribution in [0.3, 0.4) is 0 Å². The van der Waals surface area contributed by atoms with Gasteiger partial charge >= 0.3 is 0 Å². The van der Waals surface area contributed by atoms with Gasteiger partial charge in [0.1, 0.15) is 11.6 Å². The molecule has 11 nitrogen and oxygen atoms in total. The summed E-state index contributed by atoms with van der Waals surface area (Å²) in [7, 11) is 0. The van der Waals surface area contributed by atoms with E-state index < -0.39 is 17.3 Å². The van der Waals surface area contributed by atoms with Crippen LogP contribution in [0.2, 0.25) is 0 Å². The van der Waals surface area contributed by atoms with Gasteiger partial charge in [-0.15, -0.1) is 0 Å². The molecular weight excluding hydrogens is 684 g/mol. The second-order valence-corrected chi connectivity index (χ2v) is 17.5. The number of likely N-dealkylation sites (tertiary alicyclic amines) is 2. The Hall–Kier alpha value is -4.42. The highest BCUT2D eigenvalue weighted by molar-refractivity contribution is 6.09. The van der Waals surface area contributed by atoms with E-state index in [4.69, 9.17) is 14.7 Å². The molecule has 3 saturated heterocycles. The fourth-order valence-electron chi connectivity index (χ4n) is 9.72. The van der Waals surface area contributed by atoms with Crippen LogP contribution in [-0.4, -0.2) is 92.1 Å². The lowest BCUT2D eigenvalue weighted by Gasteiger charge is -2.46. The number of hydrogen-bond acceptors (Lipinski definition) is 8. The van der Waals surface area contributed by atoms with E-state index >= 15 is 0 Å². The third-order valence-corrected chi connectivity index (χ3v) is 13.1. The van der Waals surface area contributed by atoms with Gasteiger partial charge in [0.2, 0.25) is 5.91 Å². The number of ether oxygens (including phenoxy) is 1. The van der Waals surface area contributed by atoms with Crippen LogP contribution in [0.5, 0.6) is 0 Å². The fraction of sp³-hybridized carbons (Fsp3) is 0.548. The number of aromatic nitrogens is 4. The number of hydrogen-bond donors (Lipinski definition) is 1. The smallest absolute Gasteiger partial charge is 0.251 e. The molecule has 1 saturated carbocycles. The first-order valence-electron chi connectivity index (χ1n) is 19.8. The topological polar surface area (TPSA) is 109 Å². The van der Waals surface area contributed by atoms with Crippen molar-refractivity contribution in [2.45, 2.75) is 103 Å². The molecule has 7 heterocycles. The molecule has 0 radical (unpaired) electrons. The largest absolute Gasteiger partial charge is 0.368 e. The SMILES string of the molecule is CC(C)n1cnc2cc(-c3ccc4c(c3)N(C3CC(N5CCC(C)(C)C5)C3)C(=O)C43CCN(C(=O)C4OCC[C@@H]4C)CC3)nc(Nc3ccncc3F)c21. The van der Waals surface area contributed by atoms with Gasteiger partial charge in [0.25, 0.3) is 5.91 Å². The van der Waals surface area contributed by atoms with E-state index in [1.165, 1.54) is 12.6 Å². The Balaban J connectivity index is 1.07. The number of pyridine rings is 2. The summed E-state index contributed by atoms with van der Waals surface area (Å²) < 4.78 is 22.8. The van der Waals surface area contributed by atoms with Gasteiger partial charge in [0.15, 0.2) is 11.6 Å². The maximum Gasteiger partial charge on any atom is 0.251 e. The van der Waals surface area contributed by atoms with Gasteiger partial charge in [-0.3, -0.25) is 19.5 Å². The Kier molecular flexibility index (Phi) is 8.57. The minimum absolute atomic E-state index is 0.0560. The summed E-state index contributed by atoms with van der Waals surface area (Å²) in [4.78, 5) is 48.9. The highest BCUT2D eigenvalue weighted by Gasteiger charge is 2.56. The van der Waals surface area contributed by atoms with Gasteiger partial charge < -0.3 is 24.4 Å². The Labute approximate surface area is 316 Å². The van der Waals surface area contributed by atoms with E-state index in [1.54, 1.807) is 18.6 Å². The summed E-state index contributed by atoms with van der Waals surface area (Å²) in [6, 6.07) is 10.6. The molecule has 1 spiro atoms. The van der Waals surface area contributed by atoms with Crippen LogP contribution < -0.4 is 10.2 Å². The molecule has 4 aromatic rings. The number of imidazole rings is 1. The summed E-state index contributed by atoms with van der Waals surface area (Å²) in [6.07, 6.45) is 9.30. The van der Waals surface area contributed by atoms with Crippen LogP contribution in [0.4, 0.5) is 21.6 Å². The molecule has 284 valence electrons. The maximum atomic E-state index is 15.0. The van der Waals surface area contributed by atoms with E-state index in [9.17, 15) is 14.0 Å². The van der Waals surface area contributed by atoms with Crippen LogP contribution in [0, 0.1) is 17.2 Å². The lowest BCUT2D eigenvalue weighted by Crippen LogP contribution is -2.58. The van der Waals surface area contributed by atoms with Crippen LogP contribution in [0.15, 0.2) is 49.1 Å². The number of nitrogens with one attached hydrogen (secondary N) is 1. The summed E-state index contributed by atoms with van der Waals surface area (Å²) in [5.41, 5.74) is 4.97. The fourth-order valence-corrected chi connectivity index (χ4v) is 9.72. The standard InChI is InChI=1S/C42H51FN8O3/c1-25(2)50-24-45-34-21-33(47-38(36(34)50)46-32-8-13-44-22-31(32)43)27-6-7-30-35(18-27)51(29-19-28(20-29)49-14-10-41(4,5)23-49)40(53)42(30)11-15-48(16-12-42)39(52)37-26(3)9-17-54-37/h6-8,13,18,21-22,24-26,28-29,37H,9-12,14-17,19-20,23H2,1-5H3,(H,44,46,47)/t26-,28?,29?,37?/m0/s1. The monoisotopic (exact) mass is 734 g/mol. The van der Waals surface area contributed by atoms with Gasteiger partial charge in [0.05, 0.1) is 34.8 Å². The Bertz CT molecular complexity index is 2120. The highest BCUT2D eigenvalue weighted by Crippen LogP contribution is 2.52. The maximum absolute atomic E-state index is 15.0. The molecule has 54 heavy (non-hydrogen) atoms. The van der Waals surface area contributed by atoms with Crippen molar-refractivity contribution in [3.8, 4) is 11.3 Å². The second-order valence-electron chi connectivity index (χ2n) is 17.5. The van der Waals surface area contributed by atoms with Crippen LogP contribution in [0.25, 0.3) is 22.3 Å². The minimum atomic E-state index is -0.688. The molecule has 1 aromatic carbocycles. The van der Waals surface area contributed by atoms with Gasteiger partial charge in [-0.1, -0.05) is 32.9 Å². The normalized spacial score (nSPS) is 26.2. The lowest BCUT2D eigenvalue weighted by atomic mass is 9.73. The number of benzene rings is 1. The first-order valence-corrected chi connectivity index (χ1v) is 19.8. The number of amides is 2. The zero-order valence-electron chi connectivity index (χ0n) is 32.0. The van der Waals surface area contributed by atoms with Crippen LogP contribution in [-0.2, 0) is 19.7 Å². The Morgan fingerprint density at radius 1 is 1.06 bits per heavy atom. The van der Waals surface area contributed by atoms with Crippen molar-refractivity contribution in [3.05, 3.63) is 60.4 Å². The Morgan fingerprint density at radius 3 is 2.54 bits per heavy atom. The average Bonchev–Trinajstić information content (AvgIpc) is 3.91. The quantitative estimate of drug-likeness (QED) is 0.220. The number of nitrogens with zero attached hydrogens (tertiary/aromatic N) is 7. The number of carbonyl (C=O) groups is 2. The van der Waals surface area contributed by atoms with E-state index in [2.05, 4.69) is 72.9 Å². The van der Waals surface area contributed by atoms with Crippen molar-refractivity contribution in [2.24, 2.45) is 11.3 Å². The predicted octanol–water partition coefficient (Wildman–Crippen LogP) is 6.85. The molecule has 1 N–H and O–H groups in total. The van der Waals surface area contributed by atoms with Crippen LogP contribution >= 0.6 is 0 Å². The molecule has 1 unspecified atom stereocenters. The summed E-state index contributed by atoms with van der Waals surface area (Å²) in [5.74, 6) is 0.444. The molecule has 12 heteroatoms. The van der Waals surface area contributed by atoms with E-state index in [0.29, 0.717) is 55.5 Å². The zero-order valence-corrected chi connectivity index (χ0v) is 32.0. The number of halogens is 1.